The Labute approximate surface area is 300 Å². The number of rotatable bonds is 14. The molecule has 0 saturated heterocycles. The minimum atomic E-state index is -0.966. The van der Waals surface area contributed by atoms with E-state index in [1.54, 1.807) is 48.7 Å². The van der Waals surface area contributed by atoms with Gasteiger partial charge in [-0.05, 0) is 53.9 Å². The van der Waals surface area contributed by atoms with E-state index < -0.39 is 18.0 Å². The Hall–Kier alpha value is -6.83. The number of pyridine rings is 1. The van der Waals surface area contributed by atoms with E-state index in [2.05, 4.69) is 36.6 Å². The molecule has 4 aromatic rings. The molecule has 0 radical (unpaired) electrons. The normalized spacial score (nSPS) is 12.4. The number of nitrogens with zero attached hydrogens (tertiary/aromatic N) is 2. The molecule has 0 saturated carbocycles. The molecule has 1 unspecified atom stereocenters. The highest BCUT2D eigenvalue weighted by molar-refractivity contribution is 6.05. The van der Waals surface area contributed by atoms with Crippen LogP contribution in [-0.2, 0) is 38.7 Å². The predicted molar refractivity (Wildman–Crippen MR) is 196 cm³/mol. The maximum absolute atomic E-state index is 13.4. The van der Waals surface area contributed by atoms with Crippen LogP contribution in [0.4, 0.5) is 21.9 Å². The number of hydrogen-bond acceptors (Lipinski definition) is 9. The highest BCUT2D eigenvalue weighted by Gasteiger charge is 2.22. The van der Waals surface area contributed by atoms with Gasteiger partial charge in [-0.3, -0.25) is 24.2 Å². The van der Waals surface area contributed by atoms with Gasteiger partial charge in [-0.15, -0.1) is 0 Å². The fourth-order valence-electron chi connectivity index (χ4n) is 5.28. The minimum absolute atomic E-state index is 0.0736. The summed E-state index contributed by atoms with van der Waals surface area (Å²) in [5.74, 6) is -0.726. The molecular formula is C38H38N8O6. The Balaban J connectivity index is 1.17. The summed E-state index contributed by atoms with van der Waals surface area (Å²) >= 11 is 0. The van der Waals surface area contributed by atoms with Gasteiger partial charge in [0.1, 0.15) is 18.5 Å². The van der Waals surface area contributed by atoms with Crippen molar-refractivity contribution in [2.45, 2.75) is 39.0 Å². The Kier molecular flexibility index (Phi) is 12.4. The summed E-state index contributed by atoms with van der Waals surface area (Å²) in [5.41, 5.74) is 12.0. The predicted octanol–water partition coefficient (Wildman–Crippen LogP) is 3.97. The molecule has 52 heavy (non-hydrogen) atoms. The van der Waals surface area contributed by atoms with E-state index in [0.717, 1.165) is 16.7 Å². The van der Waals surface area contributed by atoms with Crippen molar-refractivity contribution in [3.8, 4) is 0 Å². The number of fused-ring (bicyclic) bond motifs is 1. The minimum Gasteiger partial charge on any atom is -0.445 e. The van der Waals surface area contributed by atoms with Gasteiger partial charge in [-0.25, -0.2) is 9.79 Å². The standard InChI is InChI=1S/C38H38N8O6/c1-24-13-28-9-10-29(17-32(28)45-34(39)14-24)36(49)44-31-15-27(18-40-20-31)19-42-37(50)33(16-25-5-3-2-4-6-25)46-38(51)52-22-26-7-11-30(12-8-26)43-35(48)21-41-23-47/h2-13,15,17-18,20,23,33H,14,16,19,21-22H2,1H3,(H2,39,45)(H,41,47)(H,42,50)(H,43,48)(H,44,49)(H,46,51). The van der Waals surface area contributed by atoms with Crippen molar-refractivity contribution in [2.24, 2.45) is 10.7 Å². The number of hydrogen-bond donors (Lipinski definition) is 6. The van der Waals surface area contributed by atoms with Gasteiger partial charge in [0.2, 0.25) is 18.2 Å². The first-order chi connectivity index (χ1) is 25.1. The zero-order valence-electron chi connectivity index (χ0n) is 28.3. The van der Waals surface area contributed by atoms with E-state index >= 15 is 0 Å². The second kappa shape index (κ2) is 17.7. The van der Waals surface area contributed by atoms with E-state index in [9.17, 15) is 24.0 Å². The van der Waals surface area contributed by atoms with Crippen LogP contribution in [0.15, 0.2) is 102 Å². The largest absolute Gasteiger partial charge is 0.445 e. The Morgan fingerprint density at radius 2 is 1.69 bits per heavy atom. The lowest BCUT2D eigenvalue weighted by molar-refractivity contribution is -0.123. The highest BCUT2D eigenvalue weighted by Crippen LogP contribution is 2.28. The third-order valence-electron chi connectivity index (χ3n) is 7.78. The van der Waals surface area contributed by atoms with Gasteiger partial charge < -0.3 is 37.1 Å². The molecule has 0 bridgehead atoms. The molecule has 1 atom stereocenters. The molecule has 1 aliphatic heterocycles. The number of amides is 5. The SMILES string of the molecule is CC1=Cc2ccc(C(=O)Nc3cncc(CNC(=O)C(Cc4ccccc4)NC(=O)OCc4ccc(NC(=O)CNC=O)cc4)c3)cc2N=C(N)C1. The number of nitrogens with one attached hydrogen (secondary N) is 5. The molecule has 1 aliphatic rings. The van der Waals surface area contributed by atoms with Gasteiger partial charge in [0.15, 0.2) is 0 Å². The molecule has 266 valence electrons. The lowest BCUT2D eigenvalue weighted by atomic mass is 10.1. The molecular weight excluding hydrogens is 664 g/mol. The molecule has 7 N–H and O–H groups in total. The van der Waals surface area contributed by atoms with Crippen molar-refractivity contribution in [1.82, 2.24) is 20.9 Å². The zero-order valence-corrected chi connectivity index (χ0v) is 28.3. The Bertz CT molecular complexity index is 2000. The van der Waals surface area contributed by atoms with E-state index in [1.807, 2.05) is 49.4 Å². The second-order valence-corrected chi connectivity index (χ2v) is 12.0. The number of nitrogens with two attached hydrogens (primary N) is 1. The van der Waals surface area contributed by atoms with Crippen molar-refractivity contribution in [3.05, 3.63) is 125 Å². The lowest BCUT2D eigenvalue weighted by Gasteiger charge is -2.19. The molecule has 14 heteroatoms. The zero-order chi connectivity index (χ0) is 36.9. The Morgan fingerprint density at radius 1 is 0.904 bits per heavy atom. The van der Waals surface area contributed by atoms with Crippen molar-refractivity contribution in [2.75, 3.05) is 17.2 Å². The van der Waals surface area contributed by atoms with Crippen molar-refractivity contribution in [3.63, 3.8) is 0 Å². The van der Waals surface area contributed by atoms with Crippen molar-refractivity contribution >= 4 is 59.2 Å². The van der Waals surface area contributed by atoms with Crippen LogP contribution < -0.4 is 32.3 Å². The van der Waals surface area contributed by atoms with E-state index in [0.29, 0.717) is 52.4 Å². The van der Waals surface area contributed by atoms with Crippen LogP contribution >= 0.6 is 0 Å². The van der Waals surface area contributed by atoms with E-state index in [1.165, 1.54) is 6.20 Å². The quantitative estimate of drug-likeness (QED) is 0.106. The number of benzene rings is 3. The van der Waals surface area contributed by atoms with Crippen LogP contribution in [0.5, 0.6) is 0 Å². The first-order valence-corrected chi connectivity index (χ1v) is 16.4. The summed E-state index contributed by atoms with van der Waals surface area (Å²) in [6, 6.07) is 21.8. The van der Waals surface area contributed by atoms with Crippen LogP contribution in [0, 0.1) is 0 Å². The second-order valence-electron chi connectivity index (χ2n) is 12.0. The molecule has 1 aromatic heterocycles. The maximum Gasteiger partial charge on any atom is 0.408 e. The van der Waals surface area contributed by atoms with Crippen LogP contribution in [0.3, 0.4) is 0 Å². The molecule has 14 nitrogen and oxygen atoms in total. The summed E-state index contributed by atoms with van der Waals surface area (Å²) in [5, 5.41) is 13.2. The number of aromatic nitrogens is 1. The van der Waals surface area contributed by atoms with E-state index in [-0.39, 0.29) is 37.9 Å². The molecule has 3 aromatic carbocycles. The Morgan fingerprint density at radius 3 is 2.46 bits per heavy atom. The smallest absolute Gasteiger partial charge is 0.408 e. The monoisotopic (exact) mass is 702 g/mol. The summed E-state index contributed by atoms with van der Waals surface area (Å²) in [6.45, 7) is 1.81. The number of carbonyl (C=O) groups excluding carboxylic acids is 5. The molecule has 5 rings (SSSR count). The van der Waals surface area contributed by atoms with Crippen molar-refractivity contribution < 1.29 is 28.7 Å². The van der Waals surface area contributed by atoms with Crippen molar-refractivity contribution in [1.29, 1.82) is 0 Å². The summed E-state index contributed by atoms with van der Waals surface area (Å²) in [4.78, 5) is 70.2. The van der Waals surface area contributed by atoms with Crippen LogP contribution in [0.2, 0.25) is 0 Å². The van der Waals surface area contributed by atoms with Gasteiger partial charge in [-0.2, -0.15) is 0 Å². The number of alkyl carbamates (subject to hydrolysis) is 1. The molecule has 5 amide bonds. The molecule has 0 fully saturated rings. The topological polar surface area (TPSA) is 206 Å². The molecule has 2 heterocycles. The maximum atomic E-state index is 13.4. The van der Waals surface area contributed by atoms with Crippen LogP contribution in [-0.4, -0.2) is 53.6 Å². The van der Waals surface area contributed by atoms with Gasteiger partial charge in [0.05, 0.1) is 24.1 Å². The van der Waals surface area contributed by atoms with Crippen LogP contribution in [0.1, 0.15) is 46.0 Å². The number of aliphatic imine (C=N–C) groups is 1. The third kappa shape index (κ3) is 10.8. The average Bonchev–Trinajstić information content (AvgIpc) is 3.28. The number of anilines is 2. The first-order valence-electron chi connectivity index (χ1n) is 16.4. The summed E-state index contributed by atoms with van der Waals surface area (Å²) in [6.07, 6.45) is 5.47. The van der Waals surface area contributed by atoms with Gasteiger partial charge in [0, 0.05) is 42.4 Å². The number of amidine groups is 1. The fraction of sp³-hybridized carbons (Fsp3) is 0.184. The third-order valence-corrected chi connectivity index (χ3v) is 7.78. The van der Waals surface area contributed by atoms with Gasteiger partial charge in [-0.1, -0.05) is 60.2 Å². The first kappa shape index (κ1) is 36.5. The number of ether oxygens (including phenoxy) is 1. The average molecular weight is 703 g/mol. The molecule has 0 aliphatic carbocycles. The molecule has 0 spiro atoms. The highest BCUT2D eigenvalue weighted by atomic mass is 16.5. The lowest BCUT2D eigenvalue weighted by Crippen LogP contribution is -2.48. The fourth-order valence-corrected chi connectivity index (χ4v) is 5.28. The number of carbonyl (C=O) groups is 5. The van der Waals surface area contributed by atoms with Gasteiger partial charge in [0.25, 0.3) is 5.91 Å². The van der Waals surface area contributed by atoms with Crippen LogP contribution in [0.25, 0.3) is 6.08 Å². The summed E-state index contributed by atoms with van der Waals surface area (Å²) in [7, 11) is 0. The summed E-state index contributed by atoms with van der Waals surface area (Å²) < 4.78 is 5.39. The van der Waals surface area contributed by atoms with E-state index in [4.69, 9.17) is 10.5 Å². The van der Waals surface area contributed by atoms with Gasteiger partial charge >= 0.3 is 6.09 Å².